The van der Waals surface area contributed by atoms with Crippen LogP contribution in [0.2, 0.25) is 5.02 Å². The van der Waals surface area contributed by atoms with Crippen LogP contribution in [0.3, 0.4) is 0 Å². The average Bonchev–Trinajstić information content (AvgIpc) is 3.59. The number of sulfonamides is 1. The van der Waals surface area contributed by atoms with E-state index in [1.54, 1.807) is 57.2 Å². The lowest BCUT2D eigenvalue weighted by Gasteiger charge is -2.42. The Morgan fingerprint density at radius 1 is 1.11 bits per heavy atom. The zero-order chi connectivity index (χ0) is 32.3. The van der Waals surface area contributed by atoms with Gasteiger partial charge >= 0.3 is 0 Å². The normalized spacial score (nSPS) is 21.0. The number of fused-ring (bicyclic) bond motifs is 2. The molecule has 0 bridgehead atoms. The molecule has 3 heterocycles. The van der Waals surface area contributed by atoms with Gasteiger partial charge in [0.05, 0.1) is 6.04 Å². The molecule has 3 N–H and O–H groups in total. The number of carbonyl (C=O) groups excluding carboxylic acids is 1. The third-order valence-corrected chi connectivity index (χ3v) is 12.6. The molecule has 238 valence electrons. The minimum atomic E-state index is -4.08. The lowest BCUT2D eigenvalue weighted by atomic mass is 9.86. The fourth-order valence-electron chi connectivity index (χ4n) is 6.50. The van der Waals surface area contributed by atoms with Gasteiger partial charge in [-0.3, -0.25) is 4.79 Å². The standard InChI is InChI=1S/C34H38ClN3O5S2/c1-19-8-6-9-20(2)29(19)36-18-24-10-7-15-38(24)32(40)22-11-13-27-26(16-22)30(31(39)34(4,5)43-27)37-45(41,42)33-21(3)25-17-23(35)12-14-28(25)44-33/h6,8-9,11-14,16-17,24,30-31,36-37,39H,7,10,15,18H2,1-5H3/t24-,30-,31+/m1/s1. The van der Waals surface area contributed by atoms with E-state index in [-0.39, 0.29) is 16.2 Å². The van der Waals surface area contributed by atoms with Gasteiger partial charge in [0.2, 0.25) is 0 Å². The molecule has 1 aromatic heterocycles. The quantitative estimate of drug-likeness (QED) is 0.201. The number of aryl methyl sites for hydroxylation is 3. The number of carbonyl (C=O) groups is 1. The van der Waals surface area contributed by atoms with E-state index in [1.165, 1.54) is 0 Å². The van der Waals surface area contributed by atoms with E-state index >= 15 is 0 Å². The van der Waals surface area contributed by atoms with Gasteiger partial charge in [0.1, 0.15) is 21.7 Å². The highest BCUT2D eigenvalue weighted by Crippen LogP contribution is 2.43. The molecule has 11 heteroatoms. The first-order valence-electron chi connectivity index (χ1n) is 15.1. The highest BCUT2D eigenvalue weighted by molar-refractivity contribution is 7.91. The maximum Gasteiger partial charge on any atom is 0.254 e. The number of likely N-dealkylation sites (tertiary alicyclic amines) is 1. The molecular weight excluding hydrogens is 630 g/mol. The van der Waals surface area contributed by atoms with Crippen LogP contribution in [0.15, 0.2) is 58.8 Å². The summed E-state index contributed by atoms with van der Waals surface area (Å²) in [5.74, 6) is 0.283. The van der Waals surface area contributed by atoms with E-state index in [4.69, 9.17) is 16.3 Å². The topological polar surface area (TPSA) is 108 Å². The summed E-state index contributed by atoms with van der Waals surface area (Å²) < 4.78 is 37.6. The summed E-state index contributed by atoms with van der Waals surface area (Å²) in [4.78, 5) is 15.8. The Hall–Kier alpha value is -3.15. The van der Waals surface area contributed by atoms with Gasteiger partial charge in [-0.2, -0.15) is 0 Å². The second kappa shape index (κ2) is 11.9. The number of amides is 1. The van der Waals surface area contributed by atoms with Crippen LogP contribution < -0.4 is 14.8 Å². The van der Waals surface area contributed by atoms with E-state index in [9.17, 15) is 18.3 Å². The van der Waals surface area contributed by atoms with Gasteiger partial charge in [-0.25, -0.2) is 13.1 Å². The number of hydrogen-bond acceptors (Lipinski definition) is 7. The van der Waals surface area contributed by atoms with Gasteiger partial charge in [0.25, 0.3) is 15.9 Å². The largest absolute Gasteiger partial charge is 0.485 e. The van der Waals surface area contributed by atoms with E-state index in [2.05, 4.69) is 36.0 Å². The number of anilines is 1. The lowest BCUT2D eigenvalue weighted by molar-refractivity contribution is -0.0603. The van der Waals surface area contributed by atoms with Crippen LogP contribution in [0.4, 0.5) is 5.69 Å². The van der Waals surface area contributed by atoms with Gasteiger partial charge in [0, 0.05) is 45.7 Å². The molecule has 3 aromatic carbocycles. The first-order chi connectivity index (χ1) is 21.3. The molecule has 6 rings (SSSR count). The van der Waals surface area contributed by atoms with Gasteiger partial charge in [-0.15, -0.1) is 11.3 Å². The van der Waals surface area contributed by atoms with Crippen molar-refractivity contribution in [2.75, 3.05) is 18.4 Å². The maximum absolute atomic E-state index is 13.9. The number of hydrogen-bond donors (Lipinski definition) is 3. The van der Waals surface area contributed by atoms with Crippen LogP contribution in [0, 0.1) is 20.8 Å². The van der Waals surface area contributed by atoms with Crippen molar-refractivity contribution in [2.45, 2.75) is 75.5 Å². The summed E-state index contributed by atoms with van der Waals surface area (Å²) in [7, 11) is -4.08. The summed E-state index contributed by atoms with van der Waals surface area (Å²) in [6.07, 6.45) is 0.552. The number of ether oxygens (including phenoxy) is 1. The van der Waals surface area contributed by atoms with E-state index < -0.39 is 27.8 Å². The van der Waals surface area contributed by atoms with Gasteiger partial charge in [0.15, 0.2) is 0 Å². The molecule has 2 aliphatic rings. The molecule has 1 amide bonds. The molecule has 3 atom stereocenters. The Labute approximate surface area is 273 Å². The molecule has 4 aromatic rings. The molecular formula is C34H38ClN3O5S2. The third kappa shape index (κ3) is 5.94. The zero-order valence-corrected chi connectivity index (χ0v) is 28.4. The van der Waals surface area contributed by atoms with Crippen LogP contribution >= 0.6 is 22.9 Å². The molecule has 0 aliphatic carbocycles. The number of thiophene rings is 1. The van der Waals surface area contributed by atoms with Gasteiger partial charge < -0.3 is 20.1 Å². The second-order valence-electron chi connectivity index (χ2n) is 12.6. The smallest absolute Gasteiger partial charge is 0.254 e. The molecule has 45 heavy (non-hydrogen) atoms. The molecule has 2 aliphatic heterocycles. The van der Waals surface area contributed by atoms with Gasteiger partial charge in [-0.05, 0) is 106 Å². The van der Waals surface area contributed by atoms with Crippen LogP contribution in [0.25, 0.3) is 10.1 Å². The van der Waals surface area contributed by atoms with Crippen molar-refractivity contribution in [3.63, 3.8) is 0 Å². The summed E-state index contributed by atoms with van der Waals surface area (Å²) in [6, 6.07) is 15.5. The number of benzene rings is 3. The van der Waals surface area contributed by atoms with Crippen LogP contribution in [0.1, 0.15) is 65.3 Å². The predicted molar refractivity (Wildman–Crippen MR) is 180 cm³/mol. The molecule has 8 nitrogen and oxygen atoms in total. The summed E-state index contributed by atoms with van der Waals surface area (Å²) >= 11 is 7.34. The van der Waals surface area contributed by atoms with E-state index in [1.807, 2.05) is 11.0 Å². The fourth-order valence-corrected chi connectivity index (χ4v) is 9.66. The number of aliphatic hydroxyl groups excluding tert-OH is 1. The zero-order valence-electron chi connectivity index (χ0n) is 26.0. The highest BCUT2D eigenvalue weighted by atomic mass is 35.5. The number of nitrogens with one attached hydrogen (secondary N) is 2. The minimum Gasteiger partial charge on any atom is -0.485 e. The Balaban J connectivity index is 1.29. The third-order valence-electron chi connectivity index (χ3n) is 9.01. The fraction of sp³-hybridized carbons (Fsp3) is 0.382. The first kappa shape index (κ1) is 31.8. The average molecular weight is 668 g/mol. The van der Waals surface area contributed by atoms with E-state index in [0.29, 0.717) is 40.6 Å². The Kier molecular flexibility index (Phi) is 8.41. The summed E-state index contributed by atoms with van der Waals surface area (Å²) in [6.45, 7) is 10.6. The Morgan fingerprint density at radius 3 is 2.58 bits per heavy atom. The van der Waals surface area contributed by atoms with Crippen molar-refractivity contribution in [1.29, 1.82) is 0 Å². The molecule has 0 unspecified atom stereocenters. The summed E-state index contributed by atoms with van der Waals surface area (Å²) in [5.41, 5.74) is 3.74. The van der Waals surface area contributed by atoms with Crippen molar-refractivity contribution in [2.24, 2.45) is 0 Å². The monoisotopic (exact) mass is 667 g/mol. The number of aliphatic hydroxyl groups is 1. The van der Waals surface area contributed by atoms with Crippen LogP contribution in [-0.4, -0.2) is 55.2 Å². The van der Waals surface area contributed by atoms with E-state index in [0.717, 1.165) is 51.1 Å². The number of halogens is 1. The van der Waals surface area contributed by atoms with Crippen molar-refractivity contribution >= 4 is 54.6 Å². The maximum atomic E-state index is 13.9. The predicted octanol–water partition coefficient (Wildman–Crippen LogP) is 6.75. The second-order valence-corrected chi connectivity index (χ2v) is 16.0. The first-order valence-corrected chi connectivity index (χ1v) is 17.8. The van der Waals surface area contributed by atoms with Crippen molar-refractivity contribution < 1.29 is 23.1 Å². The number of rotatable bonds is 7. The minimum absolute atomic E-state index is 0.00653. The number of nitrogens with zero attached hydrogens (tertiary/aromatic N) is 1. The molecule has 1 saturated heterocycles. The molecule has 0 radical (unpaired) electrons. The SMILES string of the molecule is Cc1cccc(C)c1NC[C@H]1CCCN1C(=O)c1ccc2c(c1)[C@@H](NS(=O)(=O)c1sc3ccc(Cl)cc3c1C)[C@H](O)C(C)(C)O2. The van der Waals surface area contributed by atoms with Crippen molar-refractivity contribution in [3.05, 3.63) is 87.4 Å². The summed E-state index contributed by atoms with van der Waals surface area (Å²) in [5, 5.41) is 16.3. The highest BCUT2D eigenvalue weighted by Gasteiger charge is 2.45. The Bertz CT molecular complexity index is 1890. The van der Waals surface area contributed by atoms with Crippen LogP contribution in [-0.2, 0) is 10.0 Å². The van der Waals surface area contributed by atoms with Crippen LogP contribution in [0.5, 0.6) is 5.75 Å². The van der Waals surface area contributed by atoms with Crippen molar-refractivity contribution in [1.82, 2.24) is 9.62 Å². The Morgan fingerprint density at radius 2 is 1.84 bits per heavy atom. The lowest BCUT2D eigenvalue weighted by Crippen LogP contribution is -2.53. The van der Waals surface area contributed by atoms with Gasteiger partial charge in [-0.1, -0.05) is 29.8 Å². The molecule has 0 saturated carbocycles. The molecule has 1 fully saturated rings. The number of para-hydroxylation sites is 1. The van der Waals surface area contributed by atoms with Crippen molar-refractivity contribution in [3.8, 4) is 5.75 Å². The molecule has 0 spiro atoms.